The van der Waals surface area contributed by atoms with Crippen LogP contribution in [-0.4, -0.2) is 43.2 Å². The van der Waals surface area contributed by atoms with Gasteiger partial charge in [0.05, 0.1) is 0 Å². The first-order valence-corrected chi connectivity index (χ1v) is 7.49. The predicted octanol–water partition coefficient (Wildman–Crippen LogP) is 1.58. The van der Waals surface area contributed by atoms with Crippen LogP contribution in [0.5, 0.6) is 0 Å². The lowest BCUT2D eigenvalue weighted by Crippen LogP contribution is -2.41. The van der Waals surface area contributed by atoms with Crippen LogP contribution in [0.15, 0.2) is 0 Å². The summed E-state index contributed by atoms with van der Waals surface area (Å²) in [4.78, 5) is 2.60. The lowest BCUT2D eigenvalue weighted by Gasteiger charge is -2.28. The van der Waals surface area contributed by atoms with E-state index < -0.39 is 0 Å². The smallest absolute Gasteiger partial charge is 0.0107 e. The molecule has 0 aromatic carbocycles. The predicted molar refractivity (Wildman–Crippen MR) is 73.1 cm³/mol. The zero-order chi connectivity index (χ0) is 12.1. The third-order valence-corrected chi connectivity index (χ3v) is 4.29. The van der Waals surface area contributed by atoms with E-state index in [1.54, 1.807) is 0 Å². The molecule has 2 fully saturated rings. The summed E-state index contributed by atoms with van der Waals surface area (Å²) >= 11 is 0. The average Bonchev–Trinajstić information content (AvgIpc) is 3.14. The second kappa shape index (κ2) is 6.72. The Labute approximate surface area is 106 Å². The quantitative estimate of drug-likeness (QED) is 0.709. The van der Waals surface area contributed by atoms with E-state index in [1.165, 1.54) is 58.2 Å². The maximum atomic E-state index is 5.92. The van der Waals surface area contributed by atoms with Crippen molar-refractivity contribution >= 4 is 0 Å². The molecule has 0 bridgehead atoms. The van der Waals surface area contributed by atoms with E-state index in [0.29, 0.717) is 6.04 Å². The number of hydrogen-bond acceptors (Lipinski definition) is 3. The highest BCUT2D eigenvalue weighted by Gasteiger charge is 2.23. The van der Waals surface area contributed by atoms with E-state index in [0.717, 1.165) is 18.5 Å². The minimum absolute atomic E-state index is 0.468. The minimum Gasteiger partial charge on any atom is -0.328 e. The summed E-state index contributed by atoms with van der Waals surface area (Å²) < 4.78 is 0. The zero-order valence-electron chi connectivity index (χ0n) is 11.3. The molecule has 0 saturated heterocycles. The summed E-state index contributed by atoms with van der Waals surface area (Å²) in [5.41, 5.74) is 5.92. The molecule has 3 N–H and O–H groups in total. The molecule has 2 rings (SSSR count). The van der Waals surface area contributed by atoms with Gasteiger partial charge in [0.2, 0.25) is 0 Å². The molecule has 2 aliphatic rings. The van der Waals surface area contributed by atoms with Gasteiger partial charge in [-0.2, -0.15) is 0 Å². The van der Waals surface area contributed by atoms with Crippen molar-refractivity contribution in [2.45, 2.75) is 57.5 Å². The van der Waals surface area contributed by atoms with Gasteiger partial charge in [0, 0.05) is 31.7 Å². The first-order valence-electron chi connectivity index (χ1n) is 7.49. The molecule has 3 nitrogen and oxygen atoms in total. The summed E-state index contributed by atoms with van der Waals surface area (Å²) in [5.74, 6) is 1.02. The second-order valence-electron chi connectivity index (χ2n) is 5.90. The Morgan fingerprint density at radius 1 is 1.12 bits per heavy atom. The van der Waals surface area contributed by atoms with Crippen LogP contribution in [0.25, 0.3) is 0 Å². The molecule has 0 unspecified atom stereocenters. The van der Waals surface area contributed by atoms with E-state index in [-0.39, 0.29) is 0 Å². The van der Waals surface area contributed by atoms with Crippen molar-refractivity contribution < 1.29 is 0 Å². The topological polar surface area (TPSA) is 41.3 Å². The number of hydrogen-bond donors (Lipinski definition) is 2. The van der Waals surface area contributed by atoms with Gasteiger partial charge in [0.25, 0.3) is 0 Å². The lowest BCUT2D eigenvalue weighted by atomic mass is 9.92. The fourth-order valence-corrected chi connectivity index (χ4v) is 2.79. The van der Waals surface area contributed by atoms with Crippen LogP contribution < -0.4 is 11.1 Å². The van der Waals surface area contributed by atoms with E-state index >= 15 is 0 Å². The van der Waals surface area contributed by atoms with E-state index in [9.17, 15) is 0 Å². The summed E-state index contributed by atoms with van der Waals surface area (Å²) in [5, 5.41) is 3.70. The molecule has 0 radical (unpaired) electrons. The van der Waals surface area contributed by atoms with Gasteiger partial charge in [-0.05, 0) is 51.0 Å². The number of nitrogens with zero attached hydrogens (tertiary/aromatic N) is 1. The van der Waals surface area contributed by atoms with Crippen molar-refractivity contribution in [2.75, 3.05) is 26.2 Å². The van der Waals surface area contributed by atoms with Crippen molar-refractivity contribution in [1.29, 1.82) is 0 Å². The van der Waals surface area contributed by atoms with E-state index in [4.69, 9.17) is 5.73 Å². The highest BCUT2D eigenvalue weighted by Crippen LogP contribution is 2.29. The second-order valence-corrected chi connectivity index (χ2v) is 5.90. The molecule has 3 heteroatoms. The zero-order valence-corrected chi connectivity index (χ0v) is 11.3. The van der Waals surface area contributed by atoms with Gasteiger partial charge in [-0.25, -0.2) is 0 Å². The summed E-state index contributed by atoms with van der Waals surface area (Å²) in [6, 6.07) is 1.20. The van der Waals surface area contributed by atoms with Gasteiger partial charge >= 0.3 is 0 Å². The third kappa shape index (κ3) is 4.94. The van der Waals surface area contributed by atoms with E-state index in [1.807, 2.05) is 0 Å². The molecular formula is C14H29N3. The van der Waals surface area contributed by atoms with Crippen LogP contribution in [0, 0.1) is 5.92 Å². The average molecular weight is 239 g/mol. The van der Waals surface area contributed by atoms with Gasteiger partial charge in [-0.1, -0.05) is 6.92 Å². The summed E-state index contributed by atoms with van der Waals surface area (Å²) in [7, 11) is 0. The Bertz CT molecular complexity index is 208. The Morgan fingerprint density at radius 2 is 1.82 bits per heavy atom. The van der Waals surface area contributed by atoms with Crippen molar-refractivity contribution in [3.8, 4) is 0 Å². The molecule has 0 aliphatic heterocycles. The Hall–Kier alpha value is -0.120. The standard InChI is InChI=1S/C14H29N3/c1-2-17(11-12-3-4-12)10-9-16-14-7-5-13(15)6-8-14/h12-14,16H,2-11,15H2,1H3/t13-,14-. The monoisotopic (exact) mass is 239 g/mol. The third-order valence-electron chi connectivity index (χ3n) is 4.29. The molecule has 100 valence electrons. The Morgan fingerprint density at radius 3 is 2.41 bits per heavy atom. The van der Waals surface area contributed by atoms with Gasteiger partial charge in [-0.15, -0.1) is 0 Å². The van der Waals surface area contributed by atoms with Crippen LogP contribution in [0.2, 0.25) is 0 Å². The fourth-order valence-electron chi connectivity index (χ4n) is 2.79. The maximum absolute atomic E-state index is 5.92. The summed E-state index contributed by atoms with van der Waals surface area (Å²) in [6.07, 6.45) is 7.88. The first-order chi connectivity index (χ1) is 8.28. The maximum Gasteiger partial charge on any atom is 0.0107 e. The van der Waals surface area contributed by atoms with Crippen molar-refractivity contribution in [3.63, 3.8) is 0 Å². The minimum atomic E-state index is 0.468. The number of rotatable bonds is 7. The molecular weight excluding hydrogens is 210 g/mol. The molecule has 0 amide bonds. The van der Waals surface area contributed by atoms with Gasteiger partial charge < -0.3 is 16.0 Å². The molecule has 0 aromatic rings. The number of likely N-dealkylation sites (N-methyl/N-ethyl adjacent to an activating group) is 1. The van der Waals surface area contributed by atoms with Gasteiger partial charge in [0.15, 0.2) is 0 Å². The van der Waals surface area contributed by atoms with Gasteiger partial charge in [0.1, 0.15) is 0 Å². The number of nitrogens with one attached hydrogen (secondary N) is 1. The largest absolute Gasteiger partial charge is 0.328 e. The molecule has 0 spiro atoms. The van der Waals surface area contributed by atoms with Crippen LogP contribution in [0.3, 0.4) is 0 Å². The summed E-state index contributed by atoms with van der Waals surface area (Å²) in [6.45, 7) is 7.18. The normalized spacial score (nSPS) is 29.8. The van der Waals surface area contributed by atoms with Crippen LogP contribution in [0.1, 0.15) is 45.4 Å². The highest BCUT2D eigenvalue weighted by atomic mass is 15.1. The first kappa shape index (κ1) is 13.3. The molecule has 0 aromatic heterocycles. The fraction of sp³-hybridized carbons (Fsp3) is 1.00. The molecule has 0 atom stereocenters. The molecule has 17 heavy (non-hydrogen) atoms. The Kier molecular flexibility index (Phi) is 5.26. The highest BCUT2D eigenvalue weighted by molar-refractivity contribution is 4.80. The van der Waals surface area contributed by atoms with E-state index in [2.05, 4.69) is 17.1 Å². The van der Waals surface area contributed by atoms with Crippen LogP contribution in [-0.2, 0) is 0 Å². The van der Waals surface area contributed by atoms with Crippen molar-refractivity contribution in [2.24, 2.45) is 11.7 Å². The number of nitrogens with two attached hydrogens (primary N) is 1. The molecule has 2 saturated carbocycles. The van der Waals surface area contributed by atoms with Gasteiger partial charge in [-0.3, -0.25) is 0 Å². The van der Waals surface area contributed by atoms with Crippen molar-refractivity contribution in [3.05, 3.63) is 0 Å². The Balaban J connectivity index is 1.54. The molecule has 0 heterocycles. The van der Waals surface area contributed by atoms with Crippen LogP contribution in [0.4, 0.5) is 0 Å². The SMILES string of the molecule is CCN(CCN[C@H]1CC[C@H](N)CC1)CC1CC1. The van der Waals surface area contributed by atoms with Crippen LogP contribution >= 0.6 is 0 Å². The molecule has 2 aliphatic carbocycles. The lowest BCUT2D eigenvalue weighted by molar-refractivity contribution is 0.261. The van der Waals surface area contributed by atoms with Crippen molar-refractivity contribution in [1.82, 2.24) is 10.2 Å².